The van der Waals surface area contributed by atoms with E-state index in [4.69, 9.17) is 0 Å². The highest BCUT2D eigenvalue weighted by molar-refractivity contribution is 7.20. The highest BCUT2D eigenvalue weighted by Crippen LogP contribution is 2.31. The molecule has 0 spiro atoms. The molecule has 2 heterocycles. The first-order valence-corrected chi connectivity index (χ1v) is 10.0. The van der Waals surface area contributed by atoms with E-state index in [-0.39, 0.29) is 18.2 Å². The second-order valence-corrected chi connectivity index (χ2v) is 7.65. The third-order valence-corrected chi connectivity index (χ3v) is 5.77. The van der Waals surface area contributed by atoms with Crippen LogP contribution >= 0.6 is 11.3 Å². The summed E-state index contributed by atoms with van der Waals surface area (Å²) >= 11 is 1.40. The maximum Gasteiger partial charge on any atom is 0.265 e. The molecule has 0 atom stereocenters. The number of rotatable bonds is 5. The number of anilines is 1. The summed E-state index contributed by atoms with van der Waals surface area (Å²) in [6, 6.07) is 19.1. The standard InChI is InChI=1S/C22H20N4O2S/c1-14-17-13-19(29-22(17)26(25-14)16-9-4-3-5-10-16)21(28)24-18-11-7-6-8-15(18)12-20(27)23-2/h3-11,13H,12H2,1-2H3,(H,23,27)(H,24,28). The van der Waals surface area contributed by atoms with Crippen molar-refractivity contribution in [1.82, 2.24) is 15.1 Å². The van der Waals surface area contributed by atoms with Crippen LogP contribution in [0, 0.1) is 6.92 Å². The van der Waals surface area contributed by atoms with Gasteiger partial charge in [0.2, 0.25) is 5.91 Å². The number of benzene rings is 2. The monoisotopic (exact) mass is 404 g/mol. The van der Waals surface area contributed by atoms with Crippen molar-refractivity contribution in [1.29, 1.82) is 0 Å². The molecule has 2 aromatic carbocycles. The van der Waals surface area contributed by atoms with E-state index in [1.54, 1.807) is 13.1 Å². The number of amides is 2. The minimum Gasteiger partial charge on any atom is -0.359 e. The molecule has 6 nitrogen and oxygen atoms in total. The second kappa shape index (κ2) is 7.89. The van der Waals surface area contributed by atoms with Gasteiger partial charge in [0, 0.05) is 18.1 Å². The number of nitrogens with one attached hydrogen (secondary N) is 2. The van der Waals surface area contributed by atoms with E-state index in [0.717, 1.165) is 27.2 Å². The van der Waals surface area contributed by atoms with Crippen LogP contribution in [0.25, 0.3) is 15.9 Å². The van der Waals surface area contributed by atoms with E-state index in [2.05, 4.69) is 15.7 Å². The lowest BCUT2D eigenvalue weighted by molar-refractivity contribution is -0.119. The molecule has 0 radical (unpaired) electrons. The quantitative estimate of drug-likeness (QED) is 0.529. The SMILES string of the molecule is CNC(=O)Cc1ccccc1NC(=O)c1cc2c(C)nn(-c3ccccc3)c2s1. The molecule has 0 bridgehead atoms. The number of thiophene rings is 1. The fraction of sp³-hybridized carbons (Fsp3) is 0.136. The van der Waals surface area contributed by atoms with Crippen LogP contribution in [-0.4, -0.2) is 28.6 Å². The lowest BCUT2D eigenvalue weighted by atomic mass is 10.1. The molecule has 4 rings (SSSR count). The minimum absolute atomic E-state index is 0.105. The average Bonchev–Trinajstić information content (AvgIpc) is 3.31. The number of hydrogen-bond acceptors (Lipinski definition) is 4. The maximum absolute atomic E-state index is 12.9. The van der Waals surface area contributed by atoms with Gasteiger partial charge in [0.25, 0.3) is 5.91 Å². The number of aromatic nitrogens is 2. The Morgan fingerprint density at radius 1 is 1.07 bits per heavy atom. The number of carbonyl (C=O) groups excluding carboxylic acids is 2. The molecule has 146 valence electrons. The first-order valence-electron chi connectivity index (χ1n) is 9.21. The molecular weight excluding hydrogens is 384 g/mol. The van der Waals surface area contributed by atoms with Gasteiger partial charge in [0.1, 0.15) is 4.83 Å². The largest absolute Gasteiger partial charge is 0.359 e. The summed E-state index contributed by atoms with van der Waals surface area (Å²) in [5.41, 5.74) is 3.24. The highest BCUT2D eigenvalue weighted by Gasteiger charge is 2.18. The van der Waals surface area contributed by atoms with E-state index in [9.17, 15) is 9.59 Å². The zero-order chi connectivity index (χ0) is 20.4. The molecule has 0 aliphatic carbocycles. The van der Waals surface area contributed by atoms with Crippen molar-refractivity contribution >= 4 is 39.1 Å². The van der Waals surface area contributed by atoms with Crippen LogP contribution in [0.15, 0.2) is 60.7 Å². The van der Waals surface area contributed by atoms with Crippen molar-refractivity contribution in [2.45, 2.75) is 13.3 Å². The molecular formula is C22H20N4O2S. The Morgan fingerprint density at radius 2 is 1.79 bits per heavy atom. The predicted molar refractivity (Wildman–Crippen MR) is 116 cm³/mol. The van der Waals surface area contributed by atoms with Crippen molar-refractivity contribution in [3.63, 3.8) is 0 Å². The van der Waals surface area contributed by atoms with Crippen LogP contribution in [0.2, 0.25) is 0 Å². The summed E-state index contributed by atoms with van der Waals surface area (Å²) < 4.78 is 1.87. The number of likely N-dealkylation sites (N-methyl/N-ethyl adjacent to an activating group) is 1. The number of nitrogens with zero attached hydrogens (tertiary/aromatic N) is 2. The molecule has 2 amide bonds. The topological polar surface area (TPSA) is 76.0 Å². The molecule has 2 aromatic heterocycles. The second-order valence-electron chi connectivity index (χ2n) is 6.62. The van der Waals surface area contributed by atoms with Crippen LogP contribution in [0.4, 0.5) is 5.69 Å². The fourth-order valence-electron chi connectivity index (χ4n) is 3.14. The molecule has 0 saturated carbocycles. The van der Waals surface area contributed by atoms with E-state index >= 15 is 0 Å². The summed E-state index contributed by atoms with van der Waals surface area (Å²) in [6.07, 6.45) is 0.210. The van der Waals surface area contributed by atoms with E-state index < -0.39 is 0 Å². The lowest BCUT2D eigenvalue weighted by Gasteiger charge is -2.10. The van der Waals surface area contributed by atoms with Gasteiger partial charge in [0.05, 0.1) is 22.7 Å². The molecule has 0 aliphatic rings. The molecule has 0 aliphatic heterocycles. The van der Waals surface area contributed by atoms with Gasteiger partial charge in [-0.1, -0.05) is 36.4 Å². The zero-order valence-electron chi connectivity index (χ0n) is 16.1. The van der Waals surface area contributed by atoms with Crippen molar-refractivity contribution < 1.29 is 9.59 Å². The number of aryl methyl sites for hydroxylation is 1. The van der Waals surface area contributed by atoms with E-state index in [0.29, 0.717) is 10.6 Å². The van der Waals surface area contributed by atoms with Crippen LogP contribution in [0.5, 0.6) is 0 Å². The Balaban J connectivity index is 1.65. The van der Waals surface area contributed by atoms with Crippen LogP contribution < -0.4 is 10.6 Å². The summed E-state index contributed by atoms with van der Waals surface area (Å²) in [5, 5.41) is 11.1. The highest BCUT2D eigenvalue weighted by atomic mass is 32.1. The van der Waals surface area contributed by atoms with Gasteiger partial charge in [-0.2, -0.15) is 5.10 Å². The number of hydrogen-bond donors (Lipinski definition) is 2. The third-order valence-electron chi connectivity index (χ3n) is 4.66. The molecule has 0 saturated heterocycles. The van der Waals surface area contributed by atoms with Crippen molar-refractivity contribution in [2.24, 2.45) is 0 Å². The molecule has 29 heavy (non-hydrogen) atoms. The smallest absolute Gasteiger partial charge is 0.265 e. The van der Waals surface area contributed by atoms with Gasteiger partial charge < -0.3 is 10.6 Å². The number of para-hydroxylation sites is 2. The van der Waals surface area contributed by atoms with Gasteiger partial charge in [-0.15, -0.1) is 11.3 Å². The van der Waals surface area contributed by atoms with Crippen LogP contribution in [0.1, 0.15) is 20.9 Å². The zero-order valence-corrected chi connectivity index (χ0v) is 16.9. The summed E-state index contributed by atoms with van der Waals surface area (Å²) in [6.45, 7) is 1.94. The Bertz CT molecular complexity index is 1190. The molecule has 0 fully saturated rings. The lowest BCUT2D eigenvalue weighted by Crippen LogP contribution is -2.21. The number of fused-ring (bicyclic) bond motifs is 1. The Morgan fingerprint density at radius 3 is 2.55 bits per heavy atom. The van der Waals surface area contributed by atoms with Gasteiger partial charge in [0.15, 0.2) is 0 Å². The maximum atomic E-state index is 12.9. The van der Waals surface area contributed by atoms with Gasteiger partial charge >= 0.3 is 0 Å². The third kappa shape index (κ3) is 3.77. The summed E-state index contributed by atoms with van der Waals surface area (Å²) in [5.74, 6) is -0.304. The van der Waals surface area contributed by atoms with E-state index in [1.807, 2.05) is 66.2 Å². The average molecular weight is 404 g/mol. The van der Waals surface area contributed by atoms with Crippen molar-refractivity contribution in [2.75, 3.05) is 12.4 Å². The number of carbonyl (C=O) groups is 2. The molecule has 4 aromatic rings. The molecule has 0 unspecified atom stereocenters. The fourth-order valence-corrected chi connectivity index (χ4v) is 4.22. The first-order chi connectivity index (χ1) is 14.1. The van der Waals surface area contributed by atoms with Gasteiger partial charge in [-0.3, -0.25) is 9.59 Å². The Hall–Kier alpha value is -3.45. The Kier molecular flexibility index (Phi) is 5.14. The van der Waals surface area contributed by atoms with Crippen LogP contribution in [-0.2, 0) is 11.2 Å². The van der Waals surface area contributed by atoms with Gasteiger partial charge in [-0.25, -0.2) is 4.68 Å². The van der Waals surface area contributed by atoms with Crippen LogP contribution in [0.3, 0.4) is 0 Å². The van der Waals surface area contributed by atoms with Crippen molar-refractivity contribution in [3.05, 3.63) is 76.8 Å². The Labute approximate surface area is 172 Å². The van der Waals surface area contributed by atoms with Crippen molar-refractivity contribution in [3.8, 4) is 5.69 Å². The van der Waals surface area contributed by atoms with Gasteiger partial charge in [-0.05, 0) is 36.8 Å². The molecule has 2 N–H and O–H groups in total. The first kappa shape index (κ1) is 18.9. The normalized spacial score (nSPS) is 10.8. The summed E-state index contributed by atoms with van der Waals surface area (Å²) in [7, 11) is 1.60. The van der Waals surface area contributed by atoms with E-state index in [1.165, 1.54) is 11.3 Å². The molecule has 7 heteroatoms. The summed E-state index contributed by atoms with van der Waals surface area (Å²) in [4.78, 5) is 26.2. The minimum atomic E-state index is -0.199. The predicted octanol–water partition coefficient (Wildman–Crippen LogP) is 3.94.